The van der Waals surface area contributed by atoms with E-state index < -0.39 is 0 Å². The van der Waals surface area contributed by atoms with E-state index in [0.717, 1.165) is 37.4 Å². The standard InChI is InChI=1S/C27H36N2O2/c1-4-29(17-19-7-5-6-14-28-19)26-25(30)16-24-23-10-8-18-15-20(31-3)9-11-21(18)22(23)12-13-27(24,26)2/h5-7,9,11,14-15,22-26,30H,4,8,10,12-13,16-17H2,1-3H3/t22-,23-,24+,25+,26+,27+/m1/s1. The summed E-state index contributed by atoms with van der Waals surface area (Å²) in [6.07, 6.45) is 7.33. The van der Waals surface area contributed by atoms with E-state index >= 15 is 0 Å². The van der Waals surface area contributed by atoms with E-state index in [1.54, 1.807) is 7.11 Å². The highest BCUT2D eigenvalue weighted by atomic mass is 16.5. The first-order valence-electron chi connectivity index (χ1n) is 12.0. The van der Waals surface area contributed by atoms with Crippen LogP contribution in [0.2, 0.25) is 0 Å². The Kier molecular flexibility index (Phi) is 5.56. The molecular weight excluding hydrogens is 384 g/mol. The number of likely N-dealkylation sites (N-methyl/N-ethyl adjacent to an activating group) is 1. The zero-order valence-corrected chi connectivity index (χ0v) is 19.1. The van der Waals surface area contributed by atoms with Crippen LogP contribution in [-0.4, -0.2) is 40.8 Å². The van der Waals surface area contributed by atoms with E-state index in [9.17, 15) is 5.11 Å². The Labute approximate surface area is 186 Å². The lowest BCUT2D eigenvalue weighted by molar-refractivity contribution is -0.0233. The Bertz CT molecular complexity index is 917. The van der Waals surface area contributed by atoms with E-state index in [0.29, 0.717) is 17.8 Å². The van der Waals surface area contributed by atoms with Gasteiger partial charge in [-0.3, -0.25) is 9.88 Å². The Morgan fingerprint density at radius 3 is 2.84 bits per heavy atom. The molecule has 0 radical (unpaired) electrons. The number of nitrogens with zero attached hydrogens (tertiary/aromatic N) is 2. The van der Waals surface area contributed by atoms with Crippen LogP contribution in [0, 0.1) is 17.3 Å². The first kappa shape index (κ1) is 21.0. The molecule has 0 spiro atoms. The molecule has 2 fully saturated rings. The van der Waals surface area contributed by atoms with Crippen LogP contribution in [0.25, 0.3) is 0 Å². The minimum atomic E-state index is -0.255. The summed E-state index contributed by atoms with van der Waals surface area (Å²) in [7, 11) is 1.75. The van der Waals surface area contributed by atoms with Crippen molar-refractivity contribution in [1.82, 2.24) is 9.88 Å². The minimum Gasteiger partial charge on any atom is -0.497 e. The maximum atomic E-state index is 11.3. The molecule has 6 atom stereocenters. The van der Waals surface area contributed by atoms with Crippen molar-refractivity contribution in [3.63, 3.8) is 0 Å². The van der Waals surface area contributed by atoms with Crippen LogP contribution in [0.4, 0.5) is 0 Å². The fourth-order valence-corrected chi connectivity index (χ4v) is 7.44. The van der Waals surface area contributed by atoms with E-state index in [1.807, 2.05) is 12.3 Å². The summed E-state index contributed by atoms with van der Waals surface area (Å²) in [6.45, 7) is 6.46. The summed E-state index contributed by atoms with van der Waals surface area (Å²) < 4.78 is 5.47. The summed E-state index contributed by atoms with van der Waals surface area (Å²) >= 11 is 0. The molecule has 0 saturated heterocycles. The van der Waals surface area contributed by atoms with Crippen molar-refractivity contribution in [3.8, 4) is 5.75 Å². The van der Waals surface area contributed by atoms with Crippen molar-refractivity contribution in [2.75, 3.05) is 13.7 Å². The third-order valence-corrected chi connectivity index (χ3v) is 8.80. The van der Waals surface area contributed by atoms with Crippen LogP contribution < -0.4 is 4.74 Å². The van der Waals surface area contributed by atoms with Crippen molar-refractivity contribution in [2.24, 2.45) is 17.3 Å². The largest absolute Gasteiger partial charge is 0.497 e. The molecule has 3 aliphatic carbocycles. The molecule has 31 heavy (non-hydrogen) atoms. The second-order valence-electron chi connectivity index (χ2n) is 10.2. The van der Waals surface area contributed by atoms with E-state index in [4.69, 9.17) is 4.74 Å². The van der Waals surface area contributed by atoms with Crippen molar-refractivity contribution < 1.29 is 9.84 Å². The zero-order chi connectivity index (χ0) is 21.6. The zero-order valence-electron chi connectivity index (χ0n) is 19.1. The summed E-state index contributed by atoms with van der Waals surface area (Å²) in [5.41, 5.74) is 4.27. The Balaban J connectivity index is 1.42. The summed E-state index contributed by atoms with van der Waals surface area (Å²) in [5, 5.41) is 11.3. The highest BCUT2D eigenvalue weighted by Gasteiger charge is 2.59. The van der Waals surface area contributed by atoms with Gasteiger partial charge in [0.05, 0.1) is 18.9 Å². The number of fused-ring (bicyclic) bond motifs is 5. The van der Waals surface area contributed by atoms with Gasteiger partial charge in [0.25, 0.3) is 0 Å². The molecule has 0 aliphatic heterocycles. The number of aliphatic hydroxyl groups excluding tert-OH is 1. The molecule has 3 aliphatic rings. The third kappa shape index (κ3) is 3.48. The highest BCUT2D eigenvalue weighted by molar-refractivity contribution is 5.40. The van der Waals surface area contributed by atoms with Crippen molar-refractivity contribution in [1.29, 1.82) is 0 Å². The molecule has 1 aromatic carbocycles. The number of aliphatic hydroxyl groups is 1. The van der Waals surface area contributed by atoms with E-state index in [2.05, 4.69) is 54.1 Å². The molecular formula is C27H36N2O2. The van der Waals surface area contributed by atoms with Crippen LogP contribution in [0.5, 0.6) is 5.75 Å². The normalized spacial score (nSPS) is 34.2. The number of pyridine rings is 1. The van der Waals surface area contributed by atoms with Gasteiger partial charge in [0.1, 0.15) is 5.75 Å². The molecule has 0 bridgehead atoms. The summed E-state index contributed by atoms with van der Waals surface area (Å²) in [4.78, 5) is 7.06. The molecule has 0 amide bonds. The van der Waals surface area contributed by atoms with Gasteiger partial charge in [-0.15, -0.1) is 0 Å². The fourth-order valence-electron chi connectivity index (χ4n) is 7.44. The van der Waals surface area contributed by atoms with Crippen molar-refractivity contribution >= 4 is 0 Å². The number of hydrogen-bond donors (Lipinski definition) is 1. The van der Waals surface area contributed by atoms with E-state index in [1.165, 1.54) is 30.4 Å². The van der Waals surface area contributed by atoms with Gasteiger partial charge < -0.3 is 9.84 Å². The smallest absolute Gasteiger partial charge is 0.119 e. The molecule has 0 unspecified atom stereocenters. The second kappa shape index (κ2) is 8.22. The predicted molar refractivity (Wildman–Crippen MR) is 123 cm³/mol. The molecule has 1 heterocycles. The molecule has 5 rings (SSSR count). The average Bonchev–Trinajstić information content (AvgIpc) is 3.07. The van der Waals surface area contributed by atoms with Gasteiger partial charge in [-0.1, -0.05) is 26.0 Å². The van der Waals surface area contributed by atoms with Crippen LogP contribution in [-0.2, 0) is 13.0 Å². The lowest BCUT2D eigenvalue weighted by atomic mass is 9.55. The van der Waals surface area contributed by atoms with Crippen LogP contribution in [0.3, 0.4) is 0 Å². The Morgan fingerprint density at radius 2 is 2.10 bits per heavy atom. The fraction of sp³-hybridized carbons (Fsp3) is 0.593. The number of hydrogen-bond acceptors (Lipinski definition) is 4. The van der Waals surface area contributed by atoms with Crippen LogP contribution in [0.1, 0.15) is 62.3 Å². The quantitative estimate of drug-likeness (QED) is 0.754. The SMILES string of the molecule is CCN(Cc1ccccn1)[C@H]1[C@@H](O)C[C@H]2[C@@H]3CCc4cc(OC)ccc4[C@H]3CC[C@]12C. The molecule has 166 valence electrons. The molecule has 2 aromatic rings. The maximum absolute atomic E-state index is 11.3. The molecule has 1 N–H and O–H groups in total. The second-order valence-corrected chi connectivity index (χ2v) is 10.2. The molecule has 1 aromatic heterocycles. The first-order valence-corrected chi connectivity index (χ1v) is 12.0. The van der Waals surface area contributed by atoms with Gasteiger partial charge in [-0.05, 0) is 97.2 Å². The Hall–Kier alpha value is -1.91. The molecule has 4 heteroatoms. The predicted octanol–water partition coefficient (Wildman–Crippen LogP) is 4.81. The van der Waals surface area contributed by atoms with Crippen LogP contribution in [0.15, 0.2) is 42.6 Å². The van der Waals surface area contributed by atoms with E-state index in [-0.39, 0.29) is 17.6 Å². The number of methoxy groups -OCH3 is 1. The Morgan fingerprint density at radius 1 is 1.23 bits per heavy atom. The van der Waals surface area contributed by atoms with Gasteiger partial charge in [0.2, 0.25) is 0 Å². The van der Waals surface area contributed by atoms with Gasteiger partial charge in [0.15, 0.2) is 0 Å². The van der Waals surface area contributed by atoms with Gasteiger partial charge in [-0.2, -0.15) is 0 Å². The lowest BCUT2D eigenvalue weighted by Crippen LogP contribution is -2.52. The number of rotatable bonds is 5. The monoisotopic (exact) mass is 420 g/mol. The van der Waals surface area contributed by atoms with Crippen LogP contribution >= 0.6 is 0 Å². The van der Waals surface area contributed by atoms with Crippen molar-refractivity contribution in [2.45, 2.75) is 70.6 Å². The molecule has 4 nitrogen and oxygen atoms in total. The number of benzene rings is 1. The first-order chi connectivity index (χ1) is 15.0. The minimum absolute atomic E-state index is 0.162. The molecule has 2 saturated carbocycles. The third-order valence-electron chi connectivity index (χ3n) is 8.80. The lowest BCUT2D eigenvalue weighted by Gasteiger charge is -2.52. The number of aromatic nitrogens is 1. The highest BCUT2D eigenvalue weighted by Crippen LogP contribution is 2.62. The summed E-state index contributed by atoms with van der Waals surface area (Å²) in [5.74, 6) is 2.86. The summed E-state index contributed by atoms with van der Waals surface area (Å²) in [6, 6.07) is 13.0. The van der Waals surface area contributed by atoms with Gasteiger partial charge >= 0.3 is 0 Å². The van der Waals surface area contributed by atoms with Gasteiger partial charge in [-0.25, -0.2) is 0 Å². The number of aryl methyl sites for hydroxylation is 1. The van der Waals surface area contributed by atoms with Gasteiger partial charge in [0, 0.05) is 18.8 Å². The topological polar surface area (TPSA) is 45.6 Å². The maximum Gasteiger partial charge on any atom is 0.119 e. The van der Waals surface area contributed by atoms with Crippen molar-refractivity contribution in [3.05, 3.63) is 59.4 Å². The number of ether oxygens (including phenoxy) is 1. The average molecular weight is 421 g/mol.